The average molecular weight is 384 g/mol. The minimum absolute atomic E-state index is 0. The summed E-state index contributed by atoms with van der Waals surface area (Å²) in [5, 5.41) is 6.78. The quantitative estimate of drug-likeness (QED) is 0.849. The molecule has 0 bridgehead atoms. The van der Waals surface area contributed by atoms with Gasteiger partial charge < -0.3 is 10.6 Å². The molecule has 1 atom stereocenters. The molecule has 1 heterocycles. The minimum atomic E-state index is -0.371. The lowest BCUT2D eigenvalue weighted by Crippen LogP contribution is -2.48. The Kier molecular flexibility index (Phi) is 7.20. The Morgan fingerprint density at radius 1 is 1.28 bits per heavy atom. The molecular weight excluding hydrogens is 364 g/mol. The second kappa shape index (κ2) is 9.15. The van der Waals surface area contributed by atoms with Crippen LogP contribution in [0.3, 0.4) is 0 Å². The maximum atomic E-state index is 13.2. The number of anilines is 1. The lowest BCUT2D eigenvalue weighted by Gasteiger charge is -2.36. The minimum Gasteiger partial charge on any atom is -0.325 e. The van der Waals surface area contributed by atoms with Gasteiger partial charge in [-0.2, -0.15) is 0 Å². The fourth-order valence-corrected chi connectivity index (χ4v) is 3.20. The molecule has 4 nitrogen and oxygen atoms in total. The summed E-state index contributed by atoms with van der Waals surface area (Å²) < 4.78 is 13.2. The third kappa shape index (κ3) is 5.16. The Labute approximate surface area is 157 Å². The van der Waals surface area contributed by atoms with Crippen LogP contribution >= 0.6 is 24.0 Å². The van der Waals surface area contributed by atoms with Crippen LogP contribution in [0, 0.1) is 5.82 Å². The standard InChI is InChI=1S/C18H19ClFN3O.ClH/c19-16-7-2-1-6-15(16)17-11-21-8-9-23(17)12-18(24)22-14-5-3-4-13(20)10-14;/h1-7,10,17,21H,8-9,11-12H2,(H,22,24);1H. The van der Waals surface area contributed by atoms with Gasteiger partial charge >= 0.3 is 0 Å². The predicted molar refractivity (Wildman–Crippen MR) is 101 cm³/mol. The van der Waals surface area contributed by atoms with Gasteiger partial charge in [-0.3, -0.25) is 9.69 Å². The van der Waals surface area contributed by atoms with Crippen LogP contribution in [0.1, 0.15) is 11.6 Å². The number of halogens is 3. The molecule has 0 aliphatic carbocycles. The topological polar surface area (TPSA) is 44.4 Å². The van der Waals surface area contributed by atoms with Gasteiger partial charge in [-0.25, -0.2) is 4.39 Å². The Bertz CT molecular complexity index is 729. The molecule has 0 aromatic heterocycles. The Hall–Kier alpha value is -1.66. The van der Waals surface area contributed by atoms with Crippen LogP contribution < -0.4 is 10.6 Å². The molecular formula is C18H20Cl2FN3O. The van der Waals surface area contributed by atoms with Gasteiger partial charge in [0, 0.05) is 36.4 Å². The van der Waals surface area contributed by atoms with Crippen LogP contribution in [-0.2, 0) is 4.79 Å². The molecule has 1 aliphatic heterocycles. The summed E-state index contributed by atoms with van der Waals surface area (Å²) >= 11 is 6.31. The Morgan fingerprint density at radius 2 is 2.08 bits per heavy atom. The number of amides is 1. The van der Waals surface area contributed by atoms with Gasteiger partial charge in [-0.05, 0) is 29.8 Å². The van der Waals surface area contributed by atoms with Gasteiger partial charge in [0.05, 0.1) is 6.54 Å². The molecule has 2 aromatic carbocycles. The predicted octanol–water partition coefficient (Wildman–Crippen LogP) is 3.49. The molecule has 1 fully saturated rings. The molecule has 134 valence electrons. The van der Waals surface area contributed by atoms with E-state index in [1.165, 1.54) is 12.1 Å². The van der Waals surface area contributed by atoms with Crippen molar-refractivity contribution in [3.8, 4) is 0 Å². The van der Waals surface area contributed by atoms with Crippen molar-refractivity contribution < 1.29 is 9.18 Å². The van der Waals surface area contributed by atoms with Crippen LogP contribution in [0.25, 0.3) is 0 Å². The van der Waals surface area contributed by atoms with Gasteiger partial charge in [0.1, 0.15) is 5.82 Å². The first-order valence-electron chi connectivity index (χ1n) is 7.88. The van der Waals surface area contributed by atoms with E-state index < -0.39 is 0 Å². The Morgan fingerprint density at radius 3 is 2.84 bits per heavy atom. The molecule has 0 radical (unpaired) electrons. The van der Waals surface area contributed by atoms with Crippen molar-refractivity contribution in [1.29, 1.82) is 0 Å². The number of carbonyl (C=O) groups is 1. The molecule has 7 heteroatoms. The number of nitrogens with zero attached hydrogens (tertiary/aromatic N) is 1. The van der Waals surface area contributed by atoms with Gasteiger partial charge in [-0.1, -0.05) is 35.9 Å². The smallest absolute Gasteiger partial charge is 0.238 e. The number of rotatable bonds is 4. The van der Waals surface area contributed by atoms with Gasteiger partial charge in [0.25, 0.3) is 0 Å². The van der Waals surface area contributed by atoms with E-state index in [0.29, 0.717) is 10.7 Å². The van der Waals surface area contributed by atoms with Crippen LogP contribution in [0.15, 0.2) is 48.5 Å². The number of carbonyl (C=O) groups excluding carboxylic acids is 1. The van der Waals surface area contributed by atoms with Gasteiger partial charge in [-0.15, -0.1) is 12.4 Å². The highest BCUT2D eigenvalue weighted by atomic mass is 35.5. The van der Waals surface area contributed by atoms with E-state index in [-0.39, 0.29) is 36.7 Å². The van der Waals surface area contributed by atoms with Crippen LogP contribution in [0.5, 0.6) is 0 Å². The zero-order valence-corrected chi connectivity index (χ0v) is 15.1. The van der Waals surface area contributed by atoms with E-state index in [0.717, 1.165) is 25.2 Å². The van der Waals surface area contributed by atoms with Crippen molar-refractivity contribution in [3.05, 3.63) is 64.9 Å². The number of benzene rings is 2. The maximum absolute atomic E-state index is 13.2. The van der Waals surface area contributed by atoms with Crippen molar-refractivity contribution in [2.75, 3.05) is 31.5 Å². The summed E-state index contributed by atoms with van der Waals surface area (Å²) in [6.07, 6.45) is 0. The van der Waals surface area contributed by atoms with E-state index in [9.17, 15) is 9.18 Å². The lowest BCUT2D eigenvalue weighted by atomic mass is 10.0. The number of hydrogen-bond donors (Lipinski definition) is 2. The molecule has 2 aromatic rings. The zero-order chi connectivity index (χ0) is 16.9. The maximum Gasteiger partial charge on any atom is 0.238 e. The molecule has 2 N–H and O–H groups in total. The van der Waals surface area contributed by atoms with Gasteiger partial charge in [0.2, 0.25) is 5.91 Å². The molecule has 25 heavy (non-hydrogen) atoms. The van der Waals surface area contributed by atoms with E-state index >= 15 is 0 Å². The summed E-state index contributed by atoms with van der Waals surface area (Å²) in [4.78, 5) is 14.4. The molecule has 0 spiro atoms. The second-order valence-corrected chi connectivity index (χ2v) is 6.18. The van der Waals surface area contributed by atoms with E-state index in [1.54, 1.807) is 12.1 Å². The summed E-state index contributed by atoms with van der Waals surface area (Å²) in [6.45, 7) is 2.52. The van der Waals surface area contributed by atoms with E-state index in [2.05, 4.69) is 15.5 Å². The molecule has 1 saturated heterocycles. The van der Waals surface area contributed by atoms with Gasteiger partial charge in [0.15, 0.2) is 0 Å². The number of hydrogen-bond acceptors (Lipinski definition) is 3. The number of nitrogens with one attached hydrogen (secondary N) is 2. The summed E-state index contributed by atoms with van der Waals surface area (Å²) in [5.74, 6) is -0.538. The highest BCUT2D eigenvalue weighted by molar-refractivity contribution is 6.31. The first-order chi connectivity index (χ1) is 11.6. The third-order valence-corrected chi connectivity index (χ3v) is 4.42. The fraction of sp³-hybridized carbons (Fsp3) is 0.278. The molecule has 3 rings (SSSR count). The zero-order valence-electron chi connectivity index (χ0n) is 13.5. The Balaban J connectivity index is 0.00000225. The first-order valence-corrected chi connectivity index (χ1v) is 8.26. The second-order valence-electron chi connectivity index (χ2n) is 5.77. The largest absolute Gasteiger partial charge is 0.325 e. The SMILES string of the molecule is Cl.O=C(CN1CCNCC1c1ccccc1Cl)Nc1cccc(F)c1. The normalized spacial score (nSPS) is 17.6. The van der Waals surface area contributed by atoms with Crippen LogP contribution in [0.4, 0.5) is 10.1 Å². The third-order valence-electron chi connectivity index (χ3n) is 4.07. The monoisotopic (exact) mass is 383 g/mol. The average Bonchev–Trinajstić information content (AvgIpc) is 2.56. The van der Waals surface area contributed by atoms with Crippen LogP contribution in [0.2, 0.25) is 5.02 Å². The molecule has 0 saturated carbocycles. The van der Waals surface area contributed by atoms with E-state index in [4.69, 9.17) is 11.6 Å². The van der Waals surface area contributed by atoms with Crippen molar-refractivity contribution in [2.24, 2.45) is 0 Å². The van der Waals surface area contributed by atoms with Crippen molar-refractivity contribution in [1.82, 2.24) is 10.2 Å². The number of piperazine rings is 1. The highest BCUT2D eigenvalue weighted by Gasteiger charge is 2.26. The lowest BCUT2D eigenvalue weighted by molar-refractivity contribution is -0.118. The molecule has 1 aliphatic rings. The highest BCUT2D eigenvalue weighted by Crippen LogP contribution is 2.28. The van der Waals surface area contributed by atoms with Crippen molar-refractivity contribution in [2.45, 2.75) is 6.04 Å². The fourth-order valence-electron chi connectivity index (χ4n) is 2.94. The summed E-state index contributed by atoms with van der Waals surface area (Å²) in [6, 6.07) is 13.6. The first kappa shape index (κ1) is 19.7. The van der Waals surface area contributed by atoms with Crippen molar-refractivity contribution in [3.63, 3.8) is 0 Å². The van der Waals surface area contributed by atoms with E-state index in [1.807, 2.05) is 24.3 Å². The molecule has 1 unspecified atom stereocenters. The van der Waals surface area contributed by atoms with Crippen molar-refractivity contribution >= 4 is 35.6 Å². The summed E-state index contributed by atoms with van der Waals surface area (Å²) in [7, 11) is 0. The van der Waals surface area contributed by atoms with Crippen LogP contribution in [-0.4, -0.2) is 37.0 Å². The summed E-state index contributed by atoms with van der Waals surface area (Å²) in [5.41, 5.74) is 1.47. The molecule has 1 amide bonds.